The maximum absolute atomic E-state index is 10.8. The molecule has 66 valence electrons. The average molecular weight is 176 g/mol. The standard InChI is InChI=1S/C10H8O3/c11-7-8(9-3-1-5-12-9)10-4-2-6-13-10/h1-8H. The quantitative estimate of drug-likeness (QED) is 0.673. The van der Waals surface area contributed by atoms with Gasteiger partial charge >= 0.3 is 0 Å². The van der Waals surface area contributed by atoms with Crippen molar-refractivity contribution < 1.29 is 13.6 Å². The molecule has 0 unspecified atom stereocenters. The summed E-state index contributed by atoms with van der Waals surface area (Å²) in [6, 6.07) is 6.99. The van der Waals surface area contributed by atoms with Gasteiger partial charge in [0.1, 0.15) is 23.7 Å². The van der Waals surface area contributed by atoms with Crippen LogP contribution in [-0.4, -0.2) is 6.29 Å². The van der Waals surface area contributed by atoms with Crippen LogP contribution < -0.4 is 0 Å². The Balaban J connectivity index is 2.35. The van der Waals surface area contributed by atoms with E-state index in [1.165, 1.54) is 12.5 Å². The second-order valence-electron chi connectivity index (χ2n) is 2.64. The van der Waals surface area contributed by atoms with Gasteiger partial charge in [-0.15, -0.1) is 0 Å². The van der Waals surface area contributed by atoms with Crippen molar-refractivity contribution in [1.29, 1.82) is 0 Å². The Hall–Kier alpha value is -1.77. The summed E-state index contributed by atoms with van der Waals surface area (Å²) in [7, 11) is 0. The third-order valence-electron chi connectivity index (χ3n) is 1.84. The molecule has 0 saturated heterocycles. The molecule has 0 atom stereocenters. The van der Waals surface area contributed by atoms with E-state index in [1.807, 2.05) is 0 Å². The normalized spacial score (nSPS) is 10.5. The van der Waals surface area contributed by atoms with Gasteiger partial charge in [-0.1, -0.05) is 0 Å². The van der Waals surface area contributed by atoms with E-state index < -0.39 is 5.92 Å². The predicted octanol–water partition coefficient (Wildman–Crippen LogP) is 2.20. The fourth-order valence-corrected chi connectivity index (χ4v) is 1.21. The van der Waals surface area contributed by atoms with Crippen molar-refractivity contribution in [2.24, 2.45) is 0 Å². The molecule has 2 rings (SSSR count). The van der Waals surface area contributed by atoms with E-state index in [0.29, 0.717) is 11.5 Å². The zero-order valence-electron chi connectivity index (χ0n) is 6.84. The lowest BCUT2D eigenvalue weighted by molar-refractivity contribution is -0.108. The fourth-order valence-electron chi connectivity index (χ4n) is 1.21. The highest BCUT2D eigenvalue weighted by Crippen LogP contribution is 2.22. The van der Waals surface area contributed by atoms with Crippen LogP contribution in [0.25, 0.3) is 0 Å². The first-order valence-electron chi connectivity index (χ1n) is 3.94. The topological polar surface area (TPSA) is 43.4 Å². The summed E-state index contributed by atoms with van der Waals surface area (Å²) in [6.07, 6.45) is 3.88. The highest BCUT2D eigenvalue weighted by Gasteiger charge is 2.17. The van der Waals surface area contributed by atoms with Gasteiger partial charge in [-0.05, 0) is 24.3 Å². The number of furan rings is 2. The Morgan fingerprint density at radius 2 is 1.62 bits per heavy atom. The molecule has 0 spiro atoms. The summed E-state index contributed by atoms with van der Waals surface area (Å²) < 4.78 is 10.2. The van der Waals surface area contributed by atoms with Crippen LogP contribution in [0.1, 0.15) is 17.4 Å². The minimum Gasteiger partial charge on any atom is -0.468 e. The molecular formula is C10H8O3. The minimum atomic E-state index is -0.426. The molecule has 0 aromatic carbocycles. The first-order valence-corrected chi connectivity index (χ1v) is 3.94. The van der Waals surface area contributed by atoms with E-state index in [2.05, 4.69) is 0 Å². The zero-order valence-corrected chi connectivity index (χ0v) is 6.84. The lowest BCUT2D eigenvalue weighted by Crippen LogP contribution is -1.98. The van der Waals surface area contributed by atoms with Crippen LogP contribution in [0.5, 0.6) is 0 Å². The molecule has 0 aliphatic rings. The van der Waals surface area contributed by atoms with Crippen LogP contribution >= 0.6 is 0 Å². The third kappa shape index (κ3) is 1.40. The van der Waals surface area contributed by atoms with Gasteiger partial charge in [-0.3, -0.25) is 0 Å². The van der Waals surface area contributed by atoms with Crippen molar-refractivity contribution >= 4 is 6.29 Å². The zero-order chi connectivity index (χ0) is 9.10. The summed E-state index contributed by atoms with van der Waals surface area (Å²) in [6.45, 7) is 0. The van der Waals surface area contributed by atoms with Gasteiger partial charge in [0, 0.05) is 0 Å². The van der Waals surface area contributed by atoms with Crippen LogP contribution in [-0.2, 0) is 4.79 Å². The molecule has 2 aromatic heterocycles. The molecule has 0 bridgehead atoms. The van der Waals surface area contributed by atoms with Gasteiger partial charge in [-0.2, -0.15) is 0 Å². The van der Waals surface area contributed by atoms with Crippen molar-refractivity contribution in [3.8, 4) is 0 Å². The van der Waals surface area contributed by atoms with Crippen LogP contribution in [0, 0.1) is 0 Å². The molecule has 2 heterocycles. The average Bonchev–Trinajstić information content (AvgIpc) is 2.76. The maximum atomic E-state index is 10.8. The summed E-state index contributed by atoms with van der Waals surface area (Å²) >= 11 is 0. The molecule has 3 nitrogen and oxygen atoms in total. The molecule has 0 saturated carbocycles. The van der Waals surface area contributed by atoms with Crippen molar-refractivity contribution in [1.82, 2.24) is 0 Å². The van der Waals surface area contributed by atoms with Crippen LogP contribution in [0.2, 0.25) is 0 Å². The van der Waals surface area contributed by atoms with Gasteiger partial charge in [0.25, 0.3) is 0 Å². The largest absolute Gasteiger partial charge is 0.468 e. The number of carbonyl (C=O) groups excluding carboxylic acids is 1. The summed E-state index contributed by atoms with van der Waals surface area (Å²) in [5.74, 6) is 0.778. The fraction of sp³-hybridized carbons (Fsp3) is 0.100. The Morgan fingerprint density at radius 1 is 1.08 bits per heavy atom. The lowest BCUT2D eigenvalue weighted by Gasteiger charge is -2.01. The molecule has 3 heteroatoms. The van der Waals surface area contributed by atoms with Crippen molar-refractivity contribution in [3.63, 3.8) is 0 Å². The number of carbonyl (C=O) groups is 1. The molecule has 0 aliphatic heterocycles. The predicted molar refractivity (Wildman–Crippen MR) is 45.3 cm³/mol. The van der Waals surface area contributed by atoms with Gasteiger partial charge in [0.2, 0.25) is 0 Å². The van der Waals surface area contributed by atoms with E-state index in [-0.39, 0.29) is 0 Å². The Labute approximate surface area is 75.0 Å². The third-order valence-corrected chi connectivity index (χ3v) is 1.84. The van der Waals surface area contributed by atoms with Crippen LogP contribution in [0.3, 0.4) is 0 Å². The Morgan fingerprint density at radius 3 is 1.92 bits per heavy atom. The number of rotatable bonds is 3. The van der Waals surface area contributed by atoms with E-state index >= 15 is 0 Å². The first-order chi connectivity index (χ1) is 6.42. The number of hydrogen-bond donors (Lipinski definition) is 0. The highest BCUT2D eigenvalue weighted by atomic mass is 16.3. The SMILES string of the molecule is O=CC(c1ccco1)c1ccco1. The lowest BCUT2D eigenvalue weighted by atomic mass is 10.1. The van der Waals surface area contributed by atoms with Crippen LogP contribution in [0.4, 0.5) is 0 Å². The van der Waals surface area contributed by atoms with Crippen molar-refractivity contribution in [3.05, 3.63) is 48.3 Å². The van der Waals surface area contributed by atoms with E-state index in [0.717, 1.165) is 6.29 Å². The molecule has 0 fully saturated rings. The maximum Gasteiger partial charge on any atom is 0.138 e. The number of aldehydes is 1. The Kier molecular flexibility index (Phi) is 2.00. The second kappa shape index (κ2) is 3.31. The van der Waals surface area contributed by atoms with Gasteiger partial charge < -0.3 is 13.6 Å². The summed E-state index contributed by atoms with van der Waals surface area (Å²) in [5, 5.41) is 0. The van der Waals surface area contributed by atoms with E-state index in [4.69, 9.17) is 8.83 Å². The van der Waals surface area contributed by atoms with Gasteiger partial charge in [0.15, 0.2) is 0 Å². The second-order valence-corrected chi connectivity index (χ2v) is 2.64. The first kappa shape index (κ1) is 7.86. The Bertz CT molecular complexity index is 325. The molecule has 0 radical (unpaired) electrons. The number of hydrogen-bond acceptors (Lipinski definition) is 3. The minimum absolute atomic E-state index is 0.426. The monoisotopic (exact) mass is 176 g/mol. The molecular weight excluding hydrogens is 168 g/mol. The van der Waals surface area contributed by atoms with Crippen molar-refractivity contribution in [2.45, 2.75) is 5.92 Å². The van der Waals surface area contributed by atoms with Crippen molar-refractivity contribution in [2.75, 3.05) is 0 Å². The molecule has 0 N–H and O–H groups in total. The highest BCUT2D eigenvalue weighted by molar-refractivity contribution is 5.65. The van der Waals surface area contributed by atoms with E-state index in [9.17, 15) is 4.79 Å². The molecule has 0 amide bonds. The summed E-state index contributed by atoms with van der Waals surface area (Å²) in [4.78, 5) is 10.8. The summed E-state index contributed by atoms with van der Waals surface area (Å²) in [5.41, 5.74) is 0. The van der Waals surface area contributed by atoms with Gasteiger partial charge in [-0.25, -0.2) is 0 Å². The van der Waals surface area contributed by atoms with E-state index in [1.54, 1.807) is 24.3 Å². The van der Waals surface area contributed by atoms with Gasteiger partial charge in [0.05, 0.1) is 12.5 Å². The molecule has 2 aromatic rings. The smallest absolute Gasteiger partial charge is 0.138 e. The van der Waals surface area contributed by atoms with Crippen LogP contribution in [0.15, 0.2) is 45.6 Å². The molecule has 13 heavy (non-hydrogen) atoms. The molecule has 0 aliphatic carbocycles.